The SMILES string of the molecule is Nc1c(-c2cc(-c3ccccc3)n[nH]2)c(-c2ccccc2)n[nH]c1=O. The van der Waals surface area contributed by atoms with E-state index >= 15 is 0 Å². The molecule has 0 unspecified atom stereocenters. The van der Waals surface area contributed by atoms with Crippen LogP contribution < -0.4 is 11.3 Å². The number of benzene rings is 2. The zero-order valence-corrected chi connectivity index (χ0v) is 13.2. The molecule has 4 rings (SSSR count). The molecule has 0 saturated heterocycles. The molecule has 2 aromatic carbocycles. The molecule has 2 aromatic heterocycles. The van der Waals surface area contributed by atoms with E-state index in [4.69, 9.17) is 5.73 Å². The van der Waals surface area contributed by atoms with Gasteiger partial charge in [0, 0.05) is 11.1 Å². The van der Waals surface area contributed by atoms with Crippen molar-refractivity contribution in [2.45, 2.75) is 0 Å². The minimum Gasteiger partial charge on any atom is -0.394 e. The number of nitrogens with one attached hydrogen (secondary N) is 2. The first-order valence-electron chi connectivity index (χ1n) is 7.79. The summed E-state index contributed by atoms with van der Waals surface area (Å²) in [4.78, 5) is 12.0. The molecule has 122 valence electrons. The van der Waals surface area contributed by atoms with E-state index in [-0.39, 0.29) is 5.69 Å². The Morgan fingerprint density at radius 1 is 0.800 bits per heavy atom. The minimum atomic E-state index is -0.425. The van der Waals surface area contributed by atoms with E-state index in [2.05, 4.69) is 20.4 Å². The van der Waals surface area contributed by atoms with Crippen molar-refractivity contribution in [2.24, 2.45) is 0 Å². The van der Waals surface area contributed by atoms with Crippen molar-refractivity contribution in [3.05, 3.63) is 77.1 Å². The van der Waals surface area contributed by atoms with Crippen LogP contribution in [0.5, 0.6) is 0 Å². The van der Waals surface area contributed by atoms with Crippen molar-refractivity contribution in [1.82, 2.24) is 20.4 Å². The second-order valence-corrected chi connectivity index (χ2v) is 5.59. The van der Waals surface area contributed by atoms with Gasteiger partial charge in [-0.05, 0) is 6.07 Å². The fourth-order valence-corrected chi connectivity index (χ4v) is 2.75. The van der Waals surface area contributed by atoms with Gasteiger partial charge in [-0.15, -0.1) is 0 Å². The Kier molecular flexibility index (Phi) is 3.63. The summed E-state index contributed by atoms with van der Waals surface area (Å²) in [7, 11) is 0. The summed E-state index contributed by atoms with van der Waals surface area (Å²) in [6, 6.07) is 21.2. The van der Waals surface area contributed by atoms with E-state index in [1.165, 1.54) is 0 Å². The van der Waals surface area contributed by atoms with Gasteiger partial charge in [-0.1, -0.05) is 60.7 Å². The number of aromatic nitrogens is 4. The van der Waals surface area contributed by atoms with Crippen LogP contribution in [0.2, 0.25) is 0 Å². The fourth-order valence-electron chi connectivity index (χ4n) is 2.75. The predicted molar refractivity (Wildman–Crippen MR) is 97.7 cm³/mol. The van der Waals surface area contributed by atoms with Crippen molar-refractivity contribution < 1.29 is 0 Å². The van der Waals surface area contributed by atoms with Crippen LogP contribution in [-0.4, -0.2) is 20.4 Å². The Morgan fingerprint density at radius 3 is 2.12 bits per heavy atom. The molecule has 0 atom stereocenters. The Morgan fingerprint density at radius 2 is 1.44 bits per heavy atom. The molecule has 0 radical (unpaired) electrons. The zero-order chi connectivity index (χ0) is 17.2. The summed E-state index contributed by atoms with van der Waals surface area (Å²) in [5, 5.41) is 14.0. The number of H-pyrrole nitrogens is 2. The average molecular weight is 329 g/mol. The lowest BCUT2D eigenvalue weighted by atomic mass is 10.0. The van der Waals surface area contributed by atoms with Gasteiger partial charge >= 0.3 is 0 Å². The molecular weight excluding hydrogens is 314 g/mol. The molecule has 0 bridgehead atoms. The second-order valence-electron chi connectivity index (χ2n) is 5.59. The van der Waals surface area contributed by atoms with Crippen molar-refractivity contribution in [1.29, 1.82) is 0 Å². The van der Waals surface area contributed by atoms with Crippen LogP contribution in [0, 0.1) is 0 Å². The van der Waals surface area contributed by atoms with Gasteiger partial charge in [0.15, 0.2) is 0 Å². The molecule has 6 heteroatoms. The molecule has 6 nitrogen and oxygen atoms in total. The van der Waals surface area contributed by atoms with Crippen LogP contribution in [0.1, 0.15) is 0 Å². The van der Waals surface area contributed by atoms with Crippen LogP contribution in [-0.2, 0) is 0 Å². The van der Waals surface area contributed by atoms with Crippen molar-refractivity contribution >= 4 is 5.69 Å². The van der Waals surface area contributed by atoms with E-state index < -0.39 is 5.56 Å². The zero-order valence-electron chi connectivity index (χ0n) is 13.2. The van der Waals surface area contributed by atoms with E-state index in [1.54, 1.807) is 0 Å². The molecule has 0 fully saturated rings. The molecule has 25 heavy (non-hydrogen) atoms. The summed E-state index contributed by atoms with van der Waals surface area (Å²) >= 11 is 0. The Labute approximate surface area is 143 Å². The van der Waals surface area contributed by atoms with Crippen molar-refractivity contribution in [3.8, 4) is 33.8 Å². The molecule has 0 aliphatic rings. The summed E-state index contributed by atoms with van der Waals surface area (Å²) in [5.41, 5.74) is 10.1. The van der Waals surface area contributed by atoms with Gasteiger partial charge in [0.1, 0.15) is 11.4 Å². The number of nitrogens with zero attached hydrogens (tertiary/aromatic N) is 2. The van der Waals surface area contributed by atoms with Gasteiger partial charge in [-0.2, -0.15) is 10.2 Å². The highest BCUT2D eigenvalue weighted by molar-refractivity contribution is 5.87. The first-order chi connectivity index (χ1) is 12.2. The summed E-state index contributed by atoms with van der Waals surface area (Å²) in [6.07, 6.45) is 0. The van der Waals surface area contributed by atoms with Gasteiger partial charge in [0.25, 0.3) is 5.56 Å². The van der Waals surface area contributed by atoms with Crippen LogP contribution in [0.3, 0.4) is 0 Å². The van der Waals surface area contributed by atoms with Crippen LogP contribution in [0.25, 0.3) is 33.8 Å². The number of hydrogen-bond donors (Lipinski definition) is 3. The third-order valence-corrected chi connectivity index (χ3v) is 3.98. The predicted octanol–water partition coefficient (Wildman–Crippen LogP) is 3.08. The lowest BCUT2D eigenvalue weighted by Crippen LogP contribution is -2.16. The molecule has 4 N–H and O–H groups in total. The van der Waals surface area contributed by atoms with E-state index in [0.717, 1.165) is 16.8 Å². The molecular formula is C19H15N5O. The highest BCUT2D eigenvalue weighted by atomic mass is 16.1. The molecule has 0 aliphatic carbocycles. The van der Waals surface area contributed by atoms with E-state index in [1.807, 2.05) is 66.7 Å². The second kappa shape index (κ2) is 6.09. The van der Waals surface area contributed by atoms with Gasteiger partial charge in [-0.3, -0.25) is 9.89 Å². The maximum absolute atomic E-state index is 12.0. The number of nitrogens with two attached hydrogens (primary N) is 1. The number of rotatable bonds is 3. The standard InChI is InChI=1S/C19H15N5O/c20-17-16(15-11-14(21-22-15)12-7-3-1-4-8-12)18(23-24-19(17)25)13-9-5-2-6-10-13/h1-11H,(H2,20,23)(H,21,22)(H,24,25). The third-order valence-electron chi connectivity index (χ3n) is 3.98. The molecule has 0 aliphatic heterocycles. The van der Waals surface area contributed by atoms with Crippen LogP contribution in [0.15, 0.2) is 71.5 Å². The maximum atomic E-state index is 12.0. The minimum absolute atomic E-state index is 0.108. The monoisotopic (exact) mass is 329 g/mol. The Hall–Kier alpha value is -3.67. The van der Waals surface area contributed by atoms with Gasteiger partial charge in [0.2, 0.25) is 0 Å². The first-order valence-corrected chi connectivity index (χ1v) is 7.79. The Balaban J connectivity index is 1.90. The van der Waals surface area contributed by atoms with E-state index in [9.17, 15) is 4.79 Å². The quantitative estimate of drug-likeness (QED) is 0.537. The van der Waals surface area contributed by atoms with Gasteiger partial charge in [-0.25, -0.2) is 5.10 Å². The van der Waals surface area contributed by atoms with Crippen molar-refractivity contribution in [3.63, 3.8) is 0 Å². The molecule has 4 aromatic rings. The third kappa shape index (κ3) is 2.70. The highest BCUT2D eigenvalue weighted by Crippen LogP contribution is 2.33. The summed E-state index contributed by atoms with van der Waals surface area (Å²) in [5.74, 6) is 0. The molecule has 0 saturated carbocycles. The summed E-state index contributed by atoms with van der Waals surface area (Å²) in [6.45, 7) is 0. The smallest absolute Gasteiger partial charge is 0.288 e. The van der Waals surface area contributed by atoms with Crippen LogP contribution in [0.4, 0.5) is 5.69 Å². The lowest BCUT2D eigenvalue weighted by Gasteiger charge is -2.08. The summed E-state index contributed by atoms with van der Waals surface area (Å²) < 4.78 is 0. The normalized spacial score (nSPS) is 10.7. The lowest BCUT2D eigenvalue weighted by molar-refractivity contribution is 0.997. The molecule has 0 amide bonds. The van der Waals surface area contributed by atoms with Crippen LogP contribution >= 0.6 is 0 Å². The Bertz CT molecular complexity index is 1070. The highest BCUT2D eigenvalue weighted by Gasteiger charge is 2.18. The molecule has 2 heterocycles. The fraction of sp³-hybridized carbons (Fsp3) is 0. The number of nitrogen functional groups attached to an aromatic ring is 1. The first kappa shape index (κ1) is 14.9. The van der Waals surface area contributed by atoms with Gasteiger partial charge in [0.05, 0.1) is 17.0 Å². The van der Waals surface area contributed by atoms with Crippen molar-refractivity contribution in [2.75, 3.05) is 5.73 Å². The molecule has 0 spiro atoms. The van der Waals surface area contributed by atoms with Gasteiger partial charge < -0.3 is 5.73 Å². The maximum Gasteiger partial charge on any atom is 0.288 e. The topological polar surface area (TPSA) is 100 Å². The van der Waals surface area contributed by atoms with E-state index in [0.29, 0.717) is 17.0 Å². The largest absolute Gasteiger partial charge is 0.394 e. The number of anilines is 1. The number of hydrogen-bond acceptors (Lipinski definition) is 4. The average Bonchev–Trinajstić information content (AvgIpc) is 3.15. The number of aromatic amines is 2.